The van der Waals surface area contributed by atoms with Gasteiger partial charge in [0.05, 0.1) is 6.61 Å². The Bertz CT molecular complexity index is 480. The molecule has 0 bridgehead atoms. The first-order valence-electron chi connectivity index (χ1n) is 5.70. The van der Waals surface area contributed by atoms with Crippen LogP contribution >= 0.6 is 7.82 Å². The highest BCUT2D eigenvalue weighted by Gasteiger charge is 2.39. The van der Waals surface area contributed by atoms with E-state index in [1.165, 1.54) is 12.1 Å². The van der Waals surface area contributed by atoms with E-state index in [1.54, 1.807) is 18.2 Å². The van der Waals surface area contributed by atoms with Gasteiger partial charge in [0.15, 0.2) is 13.2 Å². The van der Waals surface area contributed by atoms with Gasteiger partial charge in [0.2, 0.25) is 0 Å². The van der Waals surface area contributed by atoms with Gasteiger partial charge in [-0.05, 0) is 5.56 Å². The average molecular weight is 352 g/mol. The molecule has 0 atom stereocenters. The molecule has 0 saturated carbocycles. The van der Waals surface area contributed by atoms with E-state index in [0.29, 0.717) is 5.56 Å². The standard InChI is InChI=1S/C11H11F6O4P/c12-10(13,14)7-20-22(18,21-8-11(15,16)17)19-6-9-4-2-1-3-5-9/h1-5H,6-8H2. The first-order valence-corrected chi connectivity index (χ1v) is 7.16. The average Bonchev–Trinajstić information content (AvgIpc) is 2.41. The van der Waals surface area contributed by atoms with Crippen LogP contribution in [0.1, 0.15) is 5.56 Å². The lowest BCUT2D eigenvalue weighted by Gasteiger charge is -2.19. The number of alkyl halides is 6. The van der Waals surface area contributed by atoms with Crippen molar-refractivity contribution >= 4 is 7.82 Å². The summed E-state index contributed by atoms with van der Waals surface area (Å²) in [7, 11) is -5.02. The Morgan fingerprint density at radius 1 is 0.818 bits per heavy atom. The van der Waals surface area contributed by atoms with Gasteiger partial charge in [-0.2, -0.15) is 26.3 Å². The van der Waals surface area contributed by atoms with E-state index in [9.17, 15) is 30.9 Å². The van der Waals surface area contributed by atoms with Crippen molar-refractivity contribution in [3.8, 4) is 0 Å². The lowest BCUT2D eigenvalue weighted by molar-refractivity contribution is -0.170. The minimum atomic E-state index is -5.02. The summed E-state index contributed by atoms with van der Waals surface area (Å²) in [6, 6.07) is 7.67. The van der Waals surface area contributed by atoms with Gasteiger partial charge < -0.3 is 0 Å². The first kappa shape index (κ1) is 19.0. The van der Waals surface area contributed by atoms with Crippen molar-refractivity contribution in [2.24, 2.45) is 0 Å². The van der Waals surface area contributed by atoms with Gasteiger partial charge in [0.1, 0.15) is 0 Å². The van der Waals surface area contributed by atoms with Crippen LogP contribution in [0.25, 0.3) is 0 Å². The van der Waals surface area contributed by atoms with Gasteiger partial charge >= 0.3 is 20.2 Å². The number of benzene rings is 1. The van der Waals surface area contributed by atoms with Crippen molar-refractivity contribution in [1.29, 1.82) is 0 Å². The smallest absolute Gasteiger partial charge is 0.282 e. The number of halogens is 6. The Morgan fingerprint density at radius 3 is 1.68 bits per heavy atom. The van der Waals surface area contributed by atoms with Gasteiger partial charge in [-0.25, -0.2) is 4.57 Å². The van der Waals surface area contributed by atoms with Gasteiger partial charge in [-0.15, -0.1) is 0 Å². The van der Waals surface area contributed by atoms with Crippen LogP contribution in [-0.4, -0.2) is 25.6 Å². The van der Waals surface area contributed by atoms with E-state index in [0.717, 1.165) is 0 Å². The predicted octanol–water partition coefficient (Wildman–Crippen LogP) is 4.47. The fourth-order valence-electron chi connectivity index (χ4n) is 1.14. The molecular formula is C11H11F6O4P. The molecule has 0 unspecified atom stereocenters. The lowest BCUT2D eigenvalue weighted by Crippen LogP contribution is -2.20. The number of phosphoric acid groups is 1. The van der Waals surface area contributed by atoms with Crippen molar-refractivity contribution in [2.75, 3.05) is 13.2 Å². The quantitative estimate of drug-likeness (QED) is 0.537. The maximum absolute atomic E-state index is 12.0. The molecule has 126 valence electrons. The predicted molar refractivity (Wildman–Crippen MR) is 62.9 cm³/mol. The van der Waals surface area contributed by atoms with Crippen LogP contribution in [0.3, 0.4) is 0 Å². The van der Waals surface area contributed by atoms with Crippen LogP contribution in [0.15, 0.2) is 30.3 Å². The second kappa shape index (κ2) is 7.45. The molecule has 1 aromatic rings. The summed E-state index contributed by atoms with van der Waals surface area (Å²) in [5, 5.41) is 0. The molecular weight excluding hydrogens is 341 g/mol. The molecule has 1 rings (SSSR count). The molecule has 0 spiro atoms. The number of hydrogen-bond acceptors (Lipinski definition) is 4. The fourth-order valence-corrected chi connectivity index (χ4v) is 2.28. The molecule has 0 saturated heterocycles. The fraction of sp³-hybridized carbons (Fsp3) is 0.455. The largest absolute Gasteiger partial charge is 0.475 e. The van der Waals surface area contributed by atoms with Crippen molar-refractivity contribution in [3.63, 3.8) is 0 Å². The maximum atomic E-state index is 12.0. The highest BCUT2D eigenvalue weighted by Crippen LogP contribution is 2.52. The maximum Gasteiger partial charge on any atom is 0.475 e. The zero-order valence-corrected chi connectivity index (χ0v) is 11.8. The SMILES string of the molecule is O=P(OCc1ccccc1)(OCC(F)(F)F)OCC(F)(F)F. The van der Waals surface area contributed by atoms with Crippen molar-refractivity contribution in [3.05, 3.63) is 35.9 Å². The highest BCUT2D eigenvalue weighted by atomic mass is 31.2. The van der Waals surface area contributed by atoms with Gasteiger partial charge in [-0.3, -0.25) is 13.6 Å². The molecule has 0 aliphatic carbocycles. The summed E-state index contributed by atoms with van der Waals surface area (Å²) in [4.78, 5) is 0. The van der Waals surface area contributed by atoms with E-state index < -0.39 is 40.0 Å². The normalized spacial score (nSPS) is 13.4. The molecule has 0 aromatic heterocycles. The van der Waals surface area contributed by atoms with Crippen LogP contribution in [0.4, 0.5) is 26.3 Å². The first-order chi connectivity index (χ1) is 9.99. The molecule has 11 heteroatoms. The summed E-state index contributed by atoms with van der Waals surface area (Å²) in [6.45, 7) is -4.65. The van der Waals surface area contributed by atoms with E-state index in [1.807, 2.05) is 0 Å². The zero-order chi connectivity index (χ0) is 16.9. The lowest BCUT2D eigenvalue weighted by atomic mass is 10.2. The van der Waals surface area contributed by atoms with Crippen LogP contribution in [-0.2, 0) is 24.7 Å². The zero-order valence-electron chi connectivity index (χ0n) is 10.9. The second-order valence-corrected chi connectivity index (χ2v) is 5.65. The van der Waals surface area contributed by atoms with Gasteiger partial charge in [0, 0.05) is 0 Å². The summed E-state index contributed by atoms with van der Waals surface area (Å²) >= 11 is 0. The number of hydrogen-bond donors (Lipinski definition) is 0. The van der Waals surface area contributed by atoms with Crippen molar-refractivity contribution < 1.29 is 44.5 Å². The molecule has 0 fully saturated rings. The molecule has 0 radical (unpaired) electrons. The molecule has 0 aliphatic heterocycles. The van der Waals surface area contributed by atoms with E-state index in [2.05, 4.69) is 13.6 Å². The molecule has 0 amide bonds. The van der Waals surface area contributed by atoms with Crippen LogP contribution in [0.2, 0.25) is 0 Å². The summed E-state index contributed by atoms with van der Waals surface area (Å²) in [5.41, 5.74) is 0.369. The summed E-state index contributed by atoms with van der Waals surface area (Å²) in [6.07, 6.45) is -9.79. The Hall–Kier alpha value is -1.09. The van der Waals surface area contributed by atoms with Gasteiger partial charge in [0.25, 0.3) is 0 Å². The van der Waals surface area contributed by atoms with E-state index in [4.69, 9.17) is 0 Å². The highest BCUT2D eigenvalue weighted by molar-refractivity contribution is 7.48. The monoisotopic (exact) mass is 352 g/mol. The Morgan fingerprint density at radius 2 is 1.27 bits per heavy atom. The van der Waals surface area contributed by atoms with E-state index >= 15 is 0 Å². The van der Waals surface area contributed by atoms with Crippen LogP contribution in [0.5, 0.6) is 0 Å². The van der Waals surface area contributed by atoms with Crippen molar-refractivity contribution in [2.45, 2.75) is 19.0 Å². The summed E-state index contributed by atoms with van der Waals surface area (Å²) < 4.78 is 96.4. The number of rotatable bonds is 7. The minimum Gasteiger partial charge on any atom is -0.282 e. The topological polar surface area (TPSA) is 44.8 Å². The minimum absolute atomic E-state index is 0.369. The molecule has 0 aliphatic rings. The molecule has 22 heavy (non-hydrogen) atoms. The van der Waals surface area contributed by atoms with E-state index in [-0.39, 0.29) is 0 Å². The molecule has 0 N–H and O–H groups in total. The second-order valence-electron chi connectivity index (χ2n) is 3.98. The third-order valence-electron chi connectivity index (χ3n) is 2.00. The third-order valence-corrected chi connectivity index (χ3v) is 3.34. The Balaban J connectivity index is 2.70. The molecule has 4 nitrogen and oxygen atoms in total. The van der Waals surface area contributed by atoms with Gasteiger partial charge in [-0.1, -0.05) is 30.3 Å². The molecule has 0 heterocycles. The van der Waals surface area contributed by atoms with Crippen LogP contribution < -0.4 is 0 Å². The third kappa shape index (κ3) is 8.38. The Labute approximate surface area is 121 Å². The van der Waals surface area contributed by atoms with Crippen LogP contribution in [0, 0.1) is 0 Å². The number of phosphoric ester groups is 1. The summed E-state index contributed by atoms with van der Waals surface area (Å²) in [5.74, 6) is 0. The Kier molecular flexibility index (Phi) is 6.42. The van der Waals surface area contributed by atoms with Crippen molar-refractivity contribution in [1.82, 2.24) is 0 Å². The molecule has 1 aromatic carbocycles.